The van der Waals surface area contributed by atoms with Crippen molar-refractivity contribution in [3.8, 4) is 0 Å². The van der Waals surface area contributed by atoms with Crippen LogP contribution < -0.4 is 10.6 Å². The lowest BCUT2D eigenvalue weighted by atomic mass is 9.95. The summed E-state index contributed by atoms with van der Waals surface area (Å²) in [5.74, 6) is 1.99. The first kappa shape index (κ1) is 20.3. The zero-order chi connectivity index (χ0) is 18.3. The summed E-state index contributed by atoms with van der Waals surface area (Å²) in [6.45, 7) is 8.46. The lowest BCUT2D eigenvalue weighted by molar-refractivity contribution is -0.135. The highest BCUT2D eigenvalue weighted by Crippen LogP contribution is 2.36. The van der Waals surface area contributed by atoms with E-state index in [-0.39, 0.29) is 18.3 Å². The highest BCUT2D eigenvalue weighted by atomic mass is 35.5. The molecule has 0 aromatic carbocycles. The topological polar surface area (TPSA) is 75.4 Å². The smallest absolute Gasteiger partial charge is 0.225 e. The van der Waals surface area contributed by atoms with Gasteiger partial charge < -0.3 is 15.5 Å². The highest BCUT2D eigenvalue weighted by Gasteiger charge is 2.33. The number of aromatic nitrogens is 2. The van der Waals surface area contributed by atoms with Gasteiger partial charge in [-0.05, 0) is 51.1 Å². The summed E-state index contributed by atoms with van der Waals surface area (Å²) in [7, 11) is 0. The van der Waals surface area contributed by atoms with Crippen molar-refractivity contribution in [1.29, 1.82) is 0 Å². The number of hydrogen-bond donors (Lipinski definition) is 1. The summed E-state index contributed by atoms with van der Waals surface area (Å²) >= 11 is 1.73. The van der Waals surface area contributed by atoms with Gasteiger partial charge >= 0.3 is 0 Å². The van der Waals surface area contributed by atoms with E-state index in [9.17, 15) is 4.79 Å². The number of nitrogens with zero attached hydrogens (tertiary/aromatic N) is 4. The Balaban J connectivity index is 0.00000210. The molecule has 0 radical (unpaired) electrons. The van der Waals surface area contributed by atoms with Crippen LogP contribution in [0.3, 0.4) is 0 Å². The van der Waals surface area contributed by atoms with E-state index >= 15 is 0 Å². The molecule has 2 saturated heterocycles. The quantitative estimate of drug-likeness (QED) is 0.843. The van der Waals surface area contributed by atoms with E-state index in [1.165, 1.54) is 15.8 Å². The minimum Gasteiger partial charge on any atom is -0.356 e. The summed E-state index contributed by atoms with van der Waals surface area (Å²) in [5, 5.41) is 1.19. The van der Waals surface area contributed by atoms with Crippen molar-refractivity contribution in [3.05, 3.63) is 16.8 Å². The maximum Gasteiger partial charge on any atom is 0.225 e. The number of carbonyl (C=O) groups excluding carboxylic acids is 1. The molecule has 1 atom stereocenters. The number of halogens is 1. The van der Waals surface area contributed by atoms with Crippen LogP contribution in [0.15, 0.2) is 6.33 Å². The summed E-state index contributed by atoms with van der Waals surface area (Å²) < 4.78 is 0. The van der Waals surface area contributed by atoms with Crippen molar-refractivity contribution in [1.82, 2.24) is 14.9 Å². The number of anilines is 1. The minimum atomic E-state index is 0. The molecule has 0 bridgehead atoms. The molecule has 0 spiro atoms. The fourth-order valence-electron chi connectivity index (χ4n) is 4.23. The number of carbonyl (C=O) groups is 1. The molecule has 148 valence electrons. The third kappa shape index (κ3) is 3.77. The lowest BCUT2D eigenvalue weighted by Gasteiger charge is -2.34. The Kier molecular flexibility index (Phi) is 6.23. The maximum atomic E-state index is 12.8. The molecule has 2 aromatic rings. The highest BCUT2D eigenvalue weighted by molar-refractivity contribution is 7.18. The third-order valence-corrected chi connectivity index (χ3v) is 7.14. The standard InChI is InChI=1S/C19H27N5OS.ClH/c1-12-13(2)26-18-16(12)17(21-11-22-18)23-7-4-15(5-8-23)19(25)24-6-3-14(9-20)10-24;/h11,14-15H,3-10,20H2,1-2H3;1H. The van der Waals surface area contributed by atoms with Gasteiger partial charge in [0.2, 0.25) is 5.91 Å². The molecule has 2 aliphatic heterocycles. The molecule has 4 heterocycles. The van der Waals surface area contributed by atoms with Crippen LogP contribution in [0.1, 0.15) is 29.7 Å². The van der Waals surface area contributed by atoms with Gasteiger partial charge in [-0.3, -0.25) is 4.79 Å². The first-order chi connectivity index (χ1) is 12.6. The van der Waals surface area contributed by atoms with Gasteiger partial charge in [0.05, 0.1) is 5.39 Å². The van der Waals surface area contributed by atoms with Crippen LogP contribution in [0.2, 0.25) is 0 Å². The number of amides is 1. The molecule has 27 heavy (non-hydrogen) atoms. The van der Waals surface area contributed by atoms with Crippen LogP contribution in [-0.2, 0) is 4.79 Å². The van der Waals surface area contributed by atoms with Crippen LogP contribution in [0.25, 0.3) is 10.2 Å². The minimum absolute atomic E-state index is 0. The molecule has 4 rings (SSSR count). The van der Waals surface area contributed by atoms with Gasteiger partial charge in [0.25, 0.3) is 0 Å². The van der Waals surface area contributed by atoms with Gasteiger partial charge in [-0.1, -0.05) is 0 Å². The first-order valence-electron chi connectivity index (χ1n) is 9.53. The van der Waals surface area contributed by atoms with E-state index in [4.69, 9.17) is 5.73 Å². The Morgan fingerprint density at radius 1 is 1.22 bits per heavy atom. The van der Waals surface area contributed by atoms with Crippen LogP contribution in [0, 0.1) is 25.7 Å². The second-order valence-corrected chi connectivity index (χ2v) is 8.80. The summed E-state index contributed by atoms with van der Waals surface area (Å²) in [6.07, 6.45) is 4.52. The normalized spacial score (nSPS) is 20.9. The van der Waals surface area contributed by atoms with Crippen molar-refractivity contribution in [3.63, 3.8) is 0 Å². The van der Waals surface area contributed by atoms with Crippen molar-refractivity contribution >= 4 is 45.7 Å². The number of rotatable bonds is 3. The van der Waals surface area contributed by atoms with E-state index < -0.39 is 0 Å². The molecular formula is C19H28ClN5OS. The molecular weight excluding hydrogens is 382 g/mol. The van der Waals surface area contributed by atoms with E-state index in [1.807, 2.05) is 4.90 Å². The molecule has 2 aromatic heterocycles. The van der Waals surface area contributed by atoms with Crippen LogP contribution >= 0.6 is 23.7 Å². The predicted octanol–water partition coefficient (Wildman–Crippen LogP) is 2.75. The van der Waals surface area contributed by atoms with Crippen molar-refractivity contribution in [2.24, 2.45) is 17.6 Å². The Morgan fingerprint density at radius 3 is 2.63 bits per heavy atom. The Morgan fingerprint density at radius 2 is 1.96 bits per heavy atom. The van der Waals surface area contributed by atoms with Crippen LogP contribution in [-0.4, -0.2) is 53.5 Å². The molecule has 1 amide bonds. The Hall–Kier alpha value is -1.44. The lowest BCUT2D eigenvalue weighted by Crippen LogP contribution is -2.42. The largest absolute Gasteiger partial charge is 0.356 e. The number of piperidine rings is 1. The van der Waals surface area contributed by atoms with Gasteiger partial charge in [-0.25, -0.2) is 9.97 Å². The van der Waals surface area contributed by atoms with E-state index in [0.29, 0.717) is 18.4 Å². The number of aryl methyl sites for hydroxylation is 2. The Bertz CT molecular complexity index is 818. The van der Waals surface area contributed by atoms with Gasteiger partial charge in [0, 0.05) is 37.0 Å². The van der Waals surface area contributed by atoms with E-state index in [1.54, 1.807) is 17.7 Å². The van der Waals surface area contributed by atoms with Crippen LogP contribution in [0.4, 0.5) is 5.82 Å². The number of hydrogen-bond acceptors (Lipinski definition) is 6. The molecule has 2 N–H and O–H groups in total. The first-order valence-corrected chi connectivity index (χ1v) is 10.3. The number of thiophene rings is 1. The molecule has 2 aliphatic rings. The molecule has 6 nitrogen and oxygen atoms in total. The molecule has 1 unspecified atom stereocenters. The fourth-order valence-corrected chi connectivity index (χ4v) is 5.22. The predicted molar refractivity (Wildman–Crippen MR) is 113 cm³/mol. The molecule has 2 fully saturated rings. The van der Waals surface area contributed by atoms with Gasteiger partial charge in [0.15, 0.2) is 0 Å². The van der Waals surface area contributed by atoms with Crippen molar-refractivity contribution < 1.29 is 4.79 Å². The summed E-state index contributed by atoms with van der Waals surface area (Å²) in [6, 6.07) is 0. The molecule has 0 aliphatic carbocycles. The maximum absolute atomic E-state index is 12.8. The van der Waals surface area contributed by atoms with Gasteiger partial charge in [0.1, 0.15) is 17.0 Å². The Labute approximate surface area is 170 Å². The average molecular weight is 410 g/mol. The average Bonchev–Trinajstić information content (AvgIpc) is 3.26. The summed E-state index contributed by atoms with van der Waals surface area (Å²) in [5.41, 5.74) is 7.04. The number of likely N-dealkylation sites (tertiary alicyclic amines) is 1. The third-order valence-electron chi connectivity index (χ3n) is 6.02. The van der Waals surface area contributed by atoms with Crippen LogP contribution in [0.5, 0.6) is 0 Å². The fraction of sp³-hybridized carbons (Fsp3) is 0.632. The SMILES string of the molecule is Cc1sc2ncnc(N3CCC(C(=O)N4CCC(CN)C4)CC3)c2c1C.Cl. The monoisotopic (exact) mass is 409 g/mol. The molecule has 0 saturated carbocycles. The number of nitrogens with two attached hydrogens (primary N) is 1. The van der Waals surface area contributed by atoms with Crippen molar-refractivity contribution in [2.45, 2.75) is 33.1 Å². The zero-order valence-corrected chi connectivity index (χ0v) is 17.6. The number of fused-ring (bicyclic) bond motifs is 1. The van der Waals surface area contributed by atoms with Gasteiger partial charge in [-0.2, -0.15) is 0 Å². The second-order valence-electron chi connectivity index (χ2n) is 7.60. The zero-order valence-electron chi connectivity index (χ0n) is 16.0. The van der Waals surface area contributed by atoms with E-state index in [0.717, 1.165) is 56.1 Å². The van der Waals surface area contributed by atoms with Crippen molar-refractivity contribution in [2.75, 3.05) is 37.6 Å². The van der Waals surface area contributed by atoms with Gasteiger partial charge in [-0.15, -0.1) is 23.7 Å². The molecule has 8 heteroatoms. The second kappa shape index (κ2) is 8.29. The van der Waals surface area contributed by atoms with E-state index in [2.05, 4.69) is 28.7 Å². The summed E-state index contributed by atoms with van der Waals surface area (Å²) in [4.78, 5) is 28.6.